The Balaban J connectivity index is 1.69. The summed E-state index contributed by atoms with van der Waals surface area (Å²) in [5, 5.41) is 3.01. The average Bonchev–Trinajstić information content (AvgIpc) is 2.91. The highest BCUT2D eigenvalue weighted by atomic mass is 16.5. The van der Waals surface area contributed by atoms with E-state index in [0.717, 1.165) is 25.7 Å². The minimum absolute atomic E-state index is 0.0535. The first-order chi connectivity index (χ1) is 8.20. The van der Waals surface area contributed by atoms with Crippen LogP contribution < -0.4 is 11.1 Å². The number of ether oxygens (including phenoxy) is 2. The van der Waals surface area contributed by atoms with Crippen molar-refractivity contribution in [1.29, 1.82) is 0 Å². The highest BCUT2D eigenvalue weighted by molar-refractivity contribution is 5.81. The summed E-state index contributed by atoms with van der Waals surface area (Å²) in [5.74, 6) is -0.0535. The summed E-state index contributed by atoms with van der Waals surface area (Å²) >= 11 is 0. The average molecular weight is 242 g/mol. The maximum Gasteiger partial charge on any atom is 0.237 e. The fourth-order valence-electron chi connectivity index (χ4n) is 2.66. The van der Waals surface area contributed by atoms with E-state index < -0.39 is 6.04 Å². The number of rotatable bonds is 6. The minimum atomic E-state index is -0.427. The Labute approximate surface area is 102 Å². The number of amides is 1. The van der Waals surface area contributed by atoms with E-state index in [-0.39, 0.29) is 18.1 Å². The zero-order chi connectivity index (χ0) is 12.3. The number of nitrogens with two attached hydrogens (primary N) is 1. The minimum Gasteiger partial charge on any atom is -0.385 e. The van der Waals surface area contributed by atoms with Crippen LogP contribution in [-0.4, -0.2) is 43.9 Å². The Morgan fingerprint density at radius 3 is 3.00 bits per heavy atom. The van der Waals surface area contributed by atoms with Crippen LogP contribution in [0.25, 0.3) is 0 Å². The van der Waals surface area contributed by atoms with Crippen LogP contribution in [0.1, 0.15) is 32.1 Å². The van der Waals surface area contributed by atoms with Crippen molar-refractivity contribution in [2.24, 2.45) is 5.73 Å². The number of hydrogen-bond acceptors (Lipinski definition) is 4. The van der Waals surface area contributed by atoms with Crippen LogP contribution in [0.2, 0.25) is 0 Å². The molecule has 4 atom stereocenters. The second-order valence-electron chi connectivity index (χ2n) is 4.97. The molecule has 5 heteroatoms. The molecule has 98 valence electrons. The Hall–Kier alpha value is -0.650. The van der Waals surface area contributed by atoms with Gasteiger partial charge in [-0.15, -0.1) is 0 Å². The van der Waals surface area contributed by atoms with E-state index in [1.165, 1.54) is 0 Å². The molecule has 2 bridgehead atoms. The van der Waals surface area contributed by atoms with Gasteiger partial charge < -0.3 is 20.5 Å². The van der Waals surface area contributed by atoms with E-state index in [9.17, 15) is 4.79 Å². The maximum atomic E-state index is 11.8. The van der Waals surface area contributed by atoms with Gasteiger partial charge in [-0.1, -0.05) is 0 Å². The molecule has 2 fully saturated rings. The fourth-order valence-corrected chi connectivity index (χ4v) is 2.66. The standard InChI is InChI=1S/C12H22N2O3/c1-16-6-2-3-9(13)12(15)14-10-7-8-4-5-11(10)17-8/h8-11H,2-7,13H2,1H3,(H,14,15). The number of carbonyl (C=O) groups excluding carboxylic acids is 1. The smallest absolute Gasteiger partial charge is 0.237 e. The first-order valence-electron chi connectivity index (χ1n) is 6.41. The van der Waals surface area contributed by atoms with Crippen LogP contribution in [0.15, 0.2) is 0 Å². The molecule has 0 saturated carbocycles. The Bertz CT molecular complexity index is 272. The molecule has 0 aromatic rings. The predicted molar refractivity (Wildman–Crippen MR) is 63.5 cm³/mol. The zero-order valence-electron chi connectivity index (χ0n) is 10.4. The second kappa shape index (κ2) is 5.80. The third-order valence-electron chi connectivity index (χ3n) is 3.63. The Kier molecular flexibility index (Phi) is 4.36. The fraction of sp³-hybridized carbons (Fsp3) is 0.917. The summed E-state index contributed by atoms with van der Waals surface area (Å²) in [7, 11) is 1.65. The molecule has 3 N–H and O–H groups in total. The lowest BCUT2D eigenvalue weighted by atomic mass is 9.95. The van der Waals surface area contributed by atoms with Crippen molar-refractivity contribution in [2.75, 3.05) is 13.7 Å². The molecule has 0 aliphatic carbocycles. The lowest BCUT2D eigenvalue weighted by Crippen LogP contribution is -2.48. The van der Waals surface area contributed by atoms with E-state index in [0.29, 0.717) is 19.1 Å². The van der Waals surface area contributed by atoms with Gasteiger partial charge in [-0.25, -0.2) is 0 Å². The van der Waals surface area contributed by atoms with Gasteiger partial charge in [0.05, 0.1) is 24.3 Å². The van der Waals surface area contributed by atoms with Crippen molar-refractivity contribution in [3.63, 3.8) is 0 Å². The third-order valence-corrected chi connectivity index (χ3v) is 3.63. The SMILES string of the molecule is COCCCC(N)C(=O)NC1CC2CCC1O2. The van der Waals surface area contributed by atoms with E-state index in [4.69, 9.17) is 15.2 Å². The molecular weight excluding hydrogens is 220 g/mol. The summed E-state index contributed by atoms with van der Waals surface area (Å²) in [4.78, 5) is 11.8. The maximum absolute atomic E-state index is 11.8. The molecule has 0 aromatic carbocycles. The molecule has 2 saturated heterocycles. The molecule has 0 radical (unpaired) electrons. The molecule has 2 heterocycles. The van der Waals surface area contributed by atoms with Crippen LogP contribution in [0.3, 0.4) is 0 Å². The first-order valence-corrected chi connectivity index (χ1v) is 6.41. The molecule has 2 rings (SSSR count). The number of nitrogens with one attached hydrogen (secondary N) is 1. The number of fused-ring (bicyclic) bond motifs is 2. The van der Waals surface area contributed by atoms with Crippen molar-refractivity contribution >= 4 is 5.91 Å². The molecule has 2 aliphatic rings. The van der Waals surface area contributed by atoms with E-state index in [2.05, 4.69) is 5.32 Å². The molecule has 5 nitrogen and oxygen atoms in total. The molecule has 2 aliphatic heterocycles. The Morgan fingerprint density at radius 1 is 1.59 bits per heavy atom. The molecule has 17 heavy (non-hydrogen) atoms. The molecule has 4 unspecified atom stereocenters. The van der Waals surface area contributed by atoms with Crippen molar-refractivity contribution in [2.45, 2.75) is 56.4 Å². The molecule has 0 aromatic heterocycles. The lowest BCUT2D eigenvalue weighted by molar-refractivity contribution is -0.123. The van der Waals surface area contributed by atoms with Gasteiger partial charge >= 0.3 is 0 Å². The third kappa shape index (κ3) is 3.18. The summed E-state index contributed by atoms with van der Waals surface area (Å²) in [6, 6.07) is -0.251. The normalized spacial score (nSPS) is 32.7. The van der Waals surface area contributed by atoms with Gasteiger partial charge in [-0.05, 0) is 32.1 Å². The monoisotopic (exact) mass is 242 g/mol. The van der Waals surface area contributed by atoms with Crippen LogP contribution in [0, 0.1) is 0 Å². The summed E-state index contributed by atoms with van der Waals surface area (Å²) < 4.78 is 10.6. The van der Waals surface area contributed by atoms with E-state index >= 15 is 0 Å². The van der Waals surface area contributed by atoms with Crippen LogP contribution >= 0.6 is 0 Å². The van der Waals surface area contributed by atoms with Crippen LogP contribution in [0.5, 0.6) is 0 Å². The van der Waals surface area contributed by atoms with E-state index in [1.807, 2.05) is 0 Å². The van der Waals surface area contributed by atoms with Crippen molar-refractivity contribution < 1.29 is 14.3 Å². The molecular formula is C12H22N2O3. The number of methoxy groups -OCH3 is 1. The number of carbonyl (C=O) groups is 1. The zero-order valence-corrected chi connectivity index (χ0v) is 10.4. The van der Waals surface area contributed by atoms with Crippen molar-refractivity contribution in [3.8, 4) is 0 Å². The summed E-state index contributed by atoms with van der Waals surface area (Å²) in [6.45, 7) is 0.651. The quantitative estimate of drug-likeness (QED) is 0.651. The second-order valence-corrected chi connectivity index (χ2v) is 4.97. The van der Waals surface area contributed by atoms with Gasteiger partial charge in [0.25, 0.3) is 0 Å². The van der Waals surface area contributed by atoms with Crippen molar-refractivity contribution in [1.82, 2.24) is 5.32 Å². The van der Waals surface area contributed by atoms with Gasteiger partial charge in [0.15, 0.2) is 0 Å². The highest BCUT2D eigenvalue weighted by Crippen LogP contribution is 2.34. The van der Waals surface area contributed by atoms with Gasteiger partial charge in [-0.2, -0.15) is 0 Å². The first kappa shape index (κ1) is 12.8. The van der Waals surface area contributed by atoms with Crippen LogP contribution in [0.4, 0.5) is 0 Å². The van der Waals surface area contributed by atoms with Crippen molar-refractivity contribution in [3.05, 3.63) is 0 Å². The largest absolute Gasteiger partial charge is 0.385 e. The summed E-state index contributed by atoms with van der Waals surface area (Å²) in [6.07, 6.45) is 5.21. The lowest BCUT2D eigenvalue weighted by Gasteiger charge is -2.22. The van der Waals surface area contributed by atoms with Gasteiger partial charge in [0.1, 0.15) is 0 Å². The topological polar surface area (TPSA) is 73.6 Å². The number of hydrogen-bond donors (Lipinski definition) is 2. The van der Waals surface area contributed by atoms with Gasteiger partial charge in [-0.3, -0.25) is 4.79 Å². The molecule has 1 amide bonds. The van der Waals surface area contributed by atoms with Crippen LogP contribution in [-0.2, 0) is 14.3 Å². The predicted octanol–water partition coefficient (Wildman–Crippen LogP) is 0.176. The van der Waals surface area contributed by atoms with Gasteiger partial charge in [0.2, 0.25) is 5.91 Å². The highest BCUT2D eigenvalue weighted by Gasteiger charge is 2.41. The summed E-state index contributed by atoms with van der Waals surface area (Å²) in [5.41, 5.74) is 5.83. The molecule has 0 spiro atoms. The van der Waals surface area contributed by atoms with Gasteiger partial charge in [0, 0.05) is 13.7 Å². The Morgan fingerprint density at radius 2 is 2.41 bits per heavy atom. The van der Waals surface area contributed by atoms with E-state index in [1.54, 1.807) is 7.11 Å².